The molecule has 0 bridgehead atoms. The molecule has 1 aromatic carbocycles. The summed E-state index contributed by atoms with van der Waals surface area (Å²) in [6.45, 7) is 4.01. The second-order valence-electron chi connectivity index (χ2n) is 9.22. The number of hydrogen-bond donors (Lipinski definition) is 2. The van der Waals surface area contributed by atoms with E-state index in [0.717, 1.165) is 72.8 Å². The number of Topliss-reactive ketones (excluding diaryl/α,β-unsaturated/α-hetero) is 1. The molecule has 0 saturated heterocycles. The fourth-order valence-corrected chi connectivity index (χ4v) is 5.23. The molecule has 2 fully saturated rings. The van der Waals surface area contributed by atoms with Gasteiger partial charge >= 0.3 is 0 Å². The third-order valence-corrected chi connectivity index (χ3v) is 7.09. The second-order valence-corrected chi connectivity index (χ2v) is 9.22. The largest absolute Gasteiger partial charge is 0.392 e. The topological polar surface area (TPSA) is 57.5 Å². The zero-order chi connectivity index (χ0) is 20.6. The van der Waals surface area contributed by atoms with E-state index in [-0.39, 0.29) is 11.2 Å². The monoisotopic (exact) mass is 390 g/mol. The molecular formula is C26H30O3. The fourth-order valence-electron chi connectivity index (χ4n) is 5.23. The van der Waals surface area contributed by atoms with E-state index >= 15 is 0 Å². The molecule has 0 radical (unpaired) electrons. The first-order valence-electron chi connectivity index (χ1n) is 10.8. The van der Waals surface area contributed by atoms with Crippen molar-refractivity contribution in [2.45, 2.75) is 76.9 Å². The average molecular weight is 391 g/mol. The van der Waals surface area contributed by atoms with Gasteiger partial charge in [-0.15, -0.1) is 0 Å². The summed E-state index contributed by atoms with van der Waals surface area (Å²) in [6.07, 6.45) is 8.41. The predicted molar refractivity (Wildman–Crippen MR) is 115 cm³/mol. The molecule has 152 valence electrons. The van der Waals surface area contributed by atoms with E-state index in [4.69, 9.17) is 0 Å². The van der Waals surface area contributed by atoms with Crippen molar-refractivity contribution in [1.29, 1.82) is 0 Å². The summed E-state index contributed by atoms with van der Waals surface area (Å²) in [6, 6.07) is 7.82. The van der Waals surface area contributed by atoms with E-state index < -0.39 is 11.7 Å². The number of fused-ring (bicyclic) bond motifs is 1. The molecule has 3 nitrogen and oxygen atoms in total. The highest BCUT2D eigenvalue weighted by atomic mass is 16.3. The molecule has 3 heteroatoms. The molecule has 0 heterocycles. The number of allylic oxidation sites excluding steroid dienone is 2. The van der Waals surface area contributed by atoms with Crippen molar-refractivity contribution in [2.75, 3.05) is 0 Å². The highest BCUT2D eigenvalue weighted by Gasteiger charge is 2.45. The Hall–Kier alpha value is -2.15. The summed E-state index contributed by atoms with van der Waals surface area (Å²) in [4.78, 5) is 12.9. The maximum Gasteiger partial charge on any atom is 0.184 e. The Labute approximate surface area is 173 Å². The van der Waals surface area contributed by atoms with Gasteiger partial charge in [-0.05, 0) is 87.6 Å². The van der Waals surface area contributed by atoms with Gasteiger partial charge in [-0.25, -0.2) is 0 Å². The van der Waals surface area contributed by atoms with Crippen molar-refractivity contribution in [3.8, 4) is 11.8 Å². The van der Waals surface area contributed by atoms with Crippen molar-refractivity contribution in [1.82, 2.24) is 0 Å². The van der Waals surface area contributed by atoms with Gasteiger partial charge in [0, 0.05) is 16.6 Å². The lowest BCUT2D eigenvalue weighted by Gasteiger charge is -2.45. The van der Waals surface area contributed by atoms with E-state index in [1.54, 1.807) is 0 Å². The lowest BCUT2D eigenvalue weighted by atomic mass is 9.61. The van der Waals surface area contributed by atoms with Crippen LogP contribution in [0.25, 0.3) is 6.08 Å². The Morgan fingerprint density at radius 3 is 2.52 bits per heavy atom. The van der Waals surface area contributed by atoms with Crippen LogP contribution in [0.4, 0.5) is 0 Å². The van der Waals surface area contributed by atoms with Gasteiger partial charge in [-0.1, -0.05) is 36.5 Å². The number of hydrogen-bond acceptors (Lipinski definition) is 3. The van der Waals surface area contributed by atoms with Crippen LogP contribution in [0, 0.1) is 17.3 Å². The standard InChI is InChI=1S/C26H30O3/c1-18-22-6-5-7-23(27)25(22,2)17-21(24(18)28)16-20-10-8-19(9-11-20)12-15-26(29)13-3-4-14-26/h8-11,16,23,27,29H,3-7,13-14,17H2,1-2H3/t23-,25-/m0/s1. The number of rotatable bonds is 1. The highest BCUT2D eigenvalue weighted by Crippen LogP contribution is 2.50. The van der Waals surface area contributed by atoms with Crippen LogP contribution in [0.2, 0.25) is 0 Å². The number of carbonyl (C=O) groups excluding carboxylic acids is 1. The van der Waals surface area contributed by atoms with Crippen LogP contribution in [0.5, 0.6) is 0 Å². The fraction of sp³-hybridized carbons (Fsp3) is 0.500. The maximum atomic E-state index is 12.9. The molecule has 0 amide bonds. The van der Waals surface area contributed by atoms with Crippen molar-refractivity contribution in [3.63, 3.8) is 0 Å². The van der Waals surface area contributed by atoms with E-state index in [0.29, 0.717) is 6.42 Å². The van der Waals surface area contributed by atoms with Gasteiger partial charge in [0.25, 0.3) is 0 Å². The minimum atomic E-state index is -0.826. The summed E-state index contributed by atoms with van der Waals surface area (Å²) >= 11 is 0. The number of carbonyl (C=O) groups is 1. The molecule has 0 spiro atoms. The molecule has 4 rings (SSSR count). The Morgan fingerprint density at radius 1 is 1.14 bits per heavy atom. The van der Waals surface area contributed by atoms with E-state index in [9.17, 15) is 15.0 Å². The second kappa shape index (κ2) is 7.59. The molecule has 0 aromatic heterocycles. The first kappa shape index (κ1) is 20.1. The molecule has 29 heavy (non-hydrogen) atoms. The summed E-state index contributed by atoms with van der Waals surface area (Å²) in [5.74, 6) is 6.24. The molecule has 2 atom stereocenters. The number of benzene rings is 1. The van der Waals surface area contributed by atoms with E-state index in [2.05, 4.69) is 18.8 Å². The lowest BCUT2D eigenvalue weighted by Crippen LogP contribution is -2.42. The van der Waals surface area contributed by atoms with Crippen molar-refractivity contribution in [3.05, 3.63) is 52.1 Å². The van der Waals surface area contributed by atoms with Gasteiger partial charge in [-0.3, -0.25) is 4.79 Å². The van der Waals surface area contributed by atoms with Crippen LogP contribution in [0.3, 0.4) is 0 Å². The van der Waals surface area contributed by atoms with Crippen LogP contribution in [0.1, 0.15) is 76.3 Å². The van der Waals surface area contributed by atoms with E-state index in [1.165, 1.54) is 0 Å². The number of aliphatic hydroxyl groups is 2. The summed E-state index contributed by atoms with van der Waals surface area (Å²) in [5, 5.41) is 21.0. The van der Waals surface area contributed by atoms with Crippen molar-refractivity contribution >= 4 is 11.9 Å². The molecule has 3 aliphatic carbocycles. The number of ketones is 1. The first-order valence-corrected chi connectivity index (χ1v) is 10.8. The smallest absolute Gasteiger partial charge is 0.184 e. The van der Waals surface area contributed by atoms with Gasteiger partial charge in [-0.2, -0.15) is 0 Å². The minimum absolute atomic E-state index is 0.110. The molecule has 0 unspecified atom stereocenters. The Bertz CT molecular complexity index is 932. The van der Waals surface area contributed by atoms with Crippen LogP contribution >= 0.6 is 0 Å². The first-order chi connectivity index (χ1) is 13.8. The molecule has 2 N–H and O–H groups in total. The van der Waals surface area contributed by atoms with Crippen LogP contribution < -0.4 is 0 Å². The maximum absolute atomic E-state index is 12.9. The zero-order valence-corrected chi connectivity index (χ0v) is 17.4. The summed E-state index contributed by atoms with van der Waals surface area (Å²) < 4.78 is 0. The van der Waals surface area contributed by atoms with Gasteiger partial charge in [0.05, 0.1) is 6.10 Å². The van der Waals surface area contributed by atoms with Crippen LogP contribution in [0.15, 0.2) is 41.0 Å². The summed E-state index contributed by atoms with van der Waals surface area (Å²) in [5.41, 5.74) is 3.41. The molecule has 1 aromatic rings. The summed E-state index contributed by atoms with van der Waals surface area (Å²) in [7, 11) is 0. The molecule has 2 saturated carbocycles. The van der Waals surface area contributed by atoms with Gasteiger partial charge in [0.2, 0.25) is 0 Å². The van der Waals surface area contributed by atoms with Crippen LogP contribution in [-0.2, 0) is 4.79 Å². The molecular weight excluding hydrogens is 360 g/mol. The third kappa shape index (κ3) is 3.84. The molecule has 3 aliphatic rings. The quantitative estimate of drug-likeness (QED) is 0.546. The minimum Gasteiger partial charge on any atom is -0.392 e. The Balaban J connectivity index is 1.57. The average Bonchev–Trinajstić information content (AvgIpc) is 3.14. The van der Waals surface area contributed by atoms with Crippen LogP contribution in [-0.4, -0.2) is 27.7 Å². The normalized spacial score (nSPS) is 30.1. The highest BCUT2D eigenvalue weighted by molar-refractivity contribution is 6.12. The predicted octanol–water partition coefficient (Wildman–Crippen LogP) is 4.57. The van der Waals surface area contributed by atoms with Crippen molar-refractivity contribution < 1.29 is 15.0 Å². The van der Waals surface area contributed by atoms with Crippen molar-refractivity contribution in [2.24, 2.45) is 5.41 Å². The number of aliphatic hydroxyl groups excluding tert-OH is 1. The Morgan fingerprint density at radius 2 is 1.83 bits per heavy atom. The van der Waals surface area contributed by atoms with Gasteiger partial charge in [0.1, 0.15) is 5.60 Å². The third-order valence-electron chi connectivity index (χ3n) is 7.09. The van der Waals surface area contributed by atoms with Gasteiger partial charge < -0.3 is 10.2 Å². The SMILES string of the molecule is CC1=C2CCC[C@H](O)[C@@]2(C)CC(=Cc2ccc(C#CC3(O)CCCC3)cc2)C1=O. The van der Waals surface area contributed by atoms with E-state index in [1.807, 2.05) is 37.3 Å². The Kier molecular flexibility index (Phi) is 5.27. The molecule has 0 aliphatic heterocycles. The zero-order valence-electron chi connectivity index (χ0n) is 17.4. The lowest BCUT2D eigenvalue weighted by molar-refractivity contribution is -0.113. The van der Waals surface area contributed by atoms with Gasteiger partial charge in [0.15, 0.2) is 5.78 Å².